The van der Waals surface area contributed by atoms with Crippen LogP contribution in [0.2, 0.25) is 0 Å². The van der Waals surface area contributed by atoms with E-state index in [2.05, 4.69) is 177 Å². The average molecular weight is 628 g/mol. The topological polar surface area (TPSA) is 6.48 Å². The van der Waals surface area contributed by atoms with Gasteiger partial charge >= 0.3 is 0 Å². The molecule has 0 fully saturated rings. The van der Waals surface area contributed by atoms with Crippen LogP contribution in [0, 0.1) is 13.8 Å². The summed E-state index contributed by atoms with van der Waals surface area (Å²) in [7, 11) is 0. The summed E-state index contributed by atoms with van der Waals surface area (Å²) in [6.45, 7) is 8.23. The number of hydrogen-bond donors (Lipinski definition) is 0. The molecule has 5 rings (SSSR count). The Morgan fingerprint density at radius 2 is 0.526 bits per heavy atom. The van der Waals surface area contributed by atoms with E-state index in [1.54, 1.807) is 0 Å². The Labute approximate surface area is 243 Å². The van der Waals surface area contributed by atoms with Crippen LogP contribution in [0.25, 0.3) is 0 Å². The molecule has 0 amide bonds. The molecule has 0 aliphatic carbocycles. The van der Waals surface area contributed by atoms with Crippen LogP contribution in [0.4, 0.5) is 34.1 Å². The van der Waals surface area contributed by atoms with Crippen LogP contribution in [-0.4, -0.2) is 0 Å². The van der Waals surface area contributed by atoms with Crippen molar-refractivity contribution in [2.24, 2.45) is 0 Å². The van der Waals surface area contributed by atoms with Gasteiger partial charge in [-0.3, -0.25) is 0 Å². The molecule has 5 aromatic rings. The van der Waals surface area contributed by atoms with Gasteiger partial charge in [0.25, 0.3) is 0 Å². The lowest BCUT2D eigenvalue weighted by Gasteiger charge is -2.28. The summed E-state index contributed by atoms with van der Waals surface area (Å²) >= 11 is 7.14. The Hall–Kier alpha value is -3.34. The Kier molecular flexibility index (Phi) is 9.43. The summed E-state index contributed by atoms with van der Waals surface area (Å²) in [4.78, 5) is 4.57. The largest absolute Gasteiger partial charge is 0.311 e. The van der Waals surface area contributed by atoms with Crippen molar-refractivity contribution in [3.05, 3.63) is 141 Å². The van der Waals surface area contributed by atoms with E-state index in [1.807, 2.05) is 13.8 Å². The third-order valence-electron chi connectivity index (χ3n) is 6.12. The maximum Gasteiger partial charge on any atom is 0.0463 e. The molecule has 5 aromatic carbocycles. The number of nitrogens with zero attached hydrogens (tertiary/aromatic N) is 2. The molecule has 0 radical (unpaired) electrons. The van der Waals surface area contributed by atoms with Crippen LogP contribution in [-0.2, 0) is 0 Å². The van der Waals surface area contributed by atoms with E-state index < -0.39 is 0 Å². The quantitative estimate of drug-likeness (QED) is 0.185. The Morgan fingerprint density at radius 1 is 0.342 bits per heavy atom. The number of hydrogen-bond acceptors (Lipinski definition) is 2. The van der Waals surface area contributed by atoms with Gasteiger partial charge in [0.15, 0.2) is 0 Å². The van der Waals surface area contributed by atoms with Gasteiger partial charge in [0.2, 0.25) is 0 Å². The maximum atomic E-state index is 3.57. The zero-order valence-corrected chi connectivity index (χ0v) is 25.4. The monoisotopic (exact) mass is 626 g/mol. The standard InChI is InChI=1S/C32H26Br2N2.C2H6/c1-23-3-11-27(12-4-23)35(29-15-7-25(33)8-16-29)31-19-21-32(22-20-31)36(28-13-5-24(2)6-14-28)30-17-9-26(34)10-18-30;1-2/h3-22H,1-2H3;1-2H3. The smallest absolute Gasteiger partial charge is 0.0463 e. The Bertz CT molecular complexity index is 1220. The number of aryl methyl sites for hydroxylation is 2. The highest BCUT2D eigenvalue weighted by Gasteiger charge is 2.16. The molecule has 0 bridgehead atoms. The van der Waals surface area contributed by atoms with Gasteiger partial charge in [-0.2, -0.15) is 0 Å². The molecule has 0 heterocycles. The van der Waals surface area contributed by atoms with Gasteiger partial charge in [-0.25, -0.2) is 0 Å². The second kappa shape index (κ2) is 12.9. The lowest BCUT2D eigenvalue weighted by molar-refractivity contribution is 1.25. The van der Waals surface area contributed by atoms with Crippen molar-refractivity contribution in [1.82, 2.24) is 0 Å². The minimum absolute atomic E-state index is 1.06. The summed E-state index contributed by atoms with van der Waals surface area (Å²) < 4.78 is 2.13. The van der Waals surface area contributed by atoms with E-state index in [9.17, 15) is 0 Å². The molecule has 0 unspecified atom stereocenters. The van der Waals surface area contributed by atoms with Crippen LogP contribution in [0.5, 0.6) is 0 Å². The van der Waals surface area contributed by atoms with E-state index in [-0.39, 0.29) is 0 Å². The van der Waals surface area contributed by atoms with Gasteiger partial charge in [0.1, 0.15) is 0 Å². The van der Waals surface area contributed by atoms with E-state index in [0.29, 0.717) is 0 Å². The van der Waals surface area contributed by atoms with Crippen molar-refractivity contribution >= 4 is 66.0 Å². The second-order valence-corrected chi connectivity index (χ2v) is 10.6. The molecular formula is C34H32Br2N2. The third kappa shape index (κ3) is 6.56. The van der Waals surface area contributed by atoms with Crippen LogP contribution in [0.1, 0.15) is 25.0 Å². The zero-order valence-electron chi connectivity index (χ0n) is 22.2. The fourth-order valence-electron chi connectivity index (χ4n) is 4.21. The van der Waals surface area contributed by atoms with Crippen molar-refractivity contribution < 1.29 is 0 Å². The Morgan fingerprint density at radius 3 is 0.763 bits per heavy atom. The van der Waals surface area contributed by atoms with Gasteiger partial charge in [-0.15, -0.1) is 0 Å². The van der Waals surface area contributed by atoms with Crippen molar-refractivity contribution in [3.63, 3.8) is 0 Å². The minimum Gasteiger partial charge on any atom is -0.311 e. The molecular weight excluding hydrogens is 596 g/mol. The normalized spacial score (nSPS) is 10.4. The summed E-state index contributed by atoms with van der Waals surface area (Å²) in [5.74, 6) is 0. The lowest BCUT2D eigenvalue weighted by Crippen LogP contribution is -2.12. The zero-order chi connectivity index (χ0) is 27.1. The first-order valence-electron chi connectivity index (χ1n) is 12.8. The van der Waals surface area contributed by atoms with Crippen LogP contribution in [0.3, 0.4) is 0 Å². The molecule has 0 aliphatic rings. The molecule has 0 atom stereocenters. The van der Waals surface area contributed by atoms with Crippen molar-refractivity contribution in [1.29, 1.82) is 0 Å². The highest BCUT2D eigenvalue weighted by Crippen LogP contribution is 2.39. The van der Waals surface area contributed by atoms with Crippen molar-refractivity contribution in [2.45, 2.75) is 27.7 Å². The van der Waals surface area contributed by atoms with Gasteiger partial charge < -0.3 is 9.80 Å². The number of rotatable bonds is 6. The second-order valence-electron chi connectivity index (χ2n) is 8.81. The third-order valence-corrected chi connectivity index (χ3v) is 7.18. The predicted octanol–water partition coefficient (Wildman–Crippen LogP) is 11.8. The number of halogens is 2. The summed E-state index contributed by atoms with van der Waals surface area (Å²) in [5.41, 5.74) is 9.16. The van der Waals surface area contributed by atoms with Crippen LogP contribution in [0.15, 0.2) is 130 Å². The fraction of sp³-hybridized carbons (Fsp3) is 0.118. The molecule has 0 aromatic heterocycles. The highest BCUT2D eigenvalue weighted by atomic mass is 79.9. The highest BCUT2D eigenvalue weighted by molar-refractivity contribution is 9.10. The van der Waals surface area contributed by atoms with E-state index in [1.165, 1.54) is 11.1 Å². The minimum atomic E-state index is 1.06. The summed E-state index contributed by atoms with van der Waals surface area (Å²) in [6, 6.07) is 42.9. The molecule has 0 N–H and O–H groups in total. The lowest BCUT2D eigenvalue weighted by atomic mass is 10.1. The first-order chi connectivity index (χ1) is 18.5. The SMILES string of the molecule is CC.Cc1ccc(N(c2ccc(Br)cc2)c2ccc(N(c3ccc(C)cc3)c3ccc(Br)cc3)cc2)cc1. The fourth-order valence-corrected chi connectivity index (χ4v) is 4.74. The van der Waals surface area contributed by atoms with E-state index >= 15 is 0 Å². The van der Waals surface area contributed by atoms with Crippen molar-refractivity contribution in [3.8, 4) is 0 Å². The maximum absolute atomic E-state index is 3.57. The van der Waals surface area contributed by atoms with Crippen molar-refractivity contribution in [2.75, 3.05) is 9.80 Å². The first-order valence-corrected chi connectivity index (χ1v) is 14.4. The van der Waals surface area contributed by atoms with E-state index in [4.69, 9.17) is 0 Å². The summed E-state index contributed by atoms with van der Waals surface area (Å²) in [5, 5.41) is 0. The number of benzene rings is 5. The predicted molar refractivity (Wildman–Crippen MR) is 172 cm³/mol. The van der Waals surface area contributed by atoms with Gasteiger partial charge in [0, 0.05) is 43.1 Å². The molecule has 0 spiro atoms. The molecule has 0 saturated heterocycles. The van der Waals surface area contributed by atoms with Gasteiger partial charge in [0.05, 0.1) is 0 Å². The molecule has 0 saturated carbocycles. The molecule has 2 nitrogen and oxygen atoms in total. The van der Waals surface area contributed by atoms with Crippen LogP contribution < -0.4 is 9.80 Å². The van der Waals surface area contributed by atoms with Crippen LogP contribution >= 0.6 is 31.9 Å². The molecule has 0 aliphatic heterocycles. The average Bonchev–Trinajstić information content (AvgIpc) is 2.95. The molecule has 4 heteroatoms. The van der Waals surface area contributed by atoms with Gasteiger partial charge in [-0.1, -0.05) is 81.1 Å². The molecule has 192 valence electrons. The van der Waals surface area contributed by atoms with Gasteiger partial charge in [-0.05, 0) is 111 Å². The first kappa shape index (κ1) is 27.7. The number of anilines is 6. The summed E-state index contributed by atoms with van der Waals surface area (Å²) in [6.07, 6.45) is 0. The Balaban J connectivity index is 0.00000164. The van der Waals surface area contributed by atoms with E-state index in [0.717, 1.165) is 43.1 Å². The molecule has 38 heavy (non-hydrogen) atoms.